The fourth-order valence-corrected chi connectivity index (χ4v) is 5.52. The SMILES string of the molecule is CCc1c(-c2ccc(-c3ccccc3S(=O)(=O)NC(C)(C)C)cc2F)nc2ccccn12. The molecule has 2 aromatic carbocycles. The van der Waals surface area contributed by atoms with Gasteiger partial charge in [0.25, 0.3) is 0 Å². The van der Waals surface area contributed by atoms with E-state index in [9.17, 15) is 8.42 Å². The fourth-order valence-electron chi connectivity index (χ4n) is 3.87. The minimum atomic E-state index is -3.79. The highest BCUT2D eigenvalue weighted by molar-refractivity contribution is 7.89. The van der Waals surface area contributed by atoms with Crippen LogP contribution >= 0.6 is 0 Å². The van der Waals surface area contributed by atoms with Crippen molar-refractivity contribution in [2.75, 3.05) is 0 Å². The largest absolute Gasteiger partial charge is 0.303 e. The summed E-state index contributed by atoms with van der Waals surface area (Å²) in [6, 6.07) is 17.1. The van der Waals surface area contributed by atoms with Crippen LogP contribution in [-0.4, -0.2) is 23.3 Å². The van der Waals surface area contributed by atoms with E-state index in [1.165, 1.54) is 12.1 Å². The number of sulfonamides is 1. The van der Waals surface area contributed by atoms with E-state index >= 15 is 4.39 Å². The first kappa shape index (κ1) is 22.2. The molecule has 4 aromatic rings. The van der Waals surface area contributed by atoms with Gasteiger partial charge in [-0.25, -0.2) is 22.5 Å². The molecule has 2 heterocycles. The van der Waals surface area contributed by atoms with E-state index in [2.05, 4.69) is 9.71 Å². The molecule has 0 unspecified atom stereocenters. The second-order valence-corrected chi connectivity index (χ2v) is 10.4. The number of nitrogens with zero attached hydrogens (tertiary/aromatic N) is 2. The molecule has 0 spiro atoms. The lowest BCUT2D eigenvalue weighted by molar-refractivity contribution is 0.491. The van der Waals surface area contributed by atoms with Crippen molar-refractivity contribution < 1.29 is 12.8 Å². The number of aromatic nitrogens is 2. The summed E-state index contributed by atoms with van der Waals surface area (Å²) in [5, 5.41) is 0. The molecule has 0 saturated heterocycles. The van der Waals surface area contributed by atoms with Crippen LogP contribution in [0.3, 0.4) is 0 Å². The Hall–Kier alpha value is -3.03. The average Bonchev–Trinajstić information content (AvgIpc) is 3.10. The first-order valence-electron chi connectivity index (χ1n) is 10.5. The van der Waals surface area contributed by atoms with E-state index in [-0.39, 0.29) is 4.90 Å². The predicted octanol–water partition coefficient (Wildman–Crippen LogP) is 5.45. The van der Waals surface area contributed by atoms with E-state index in [4.69, 9.17) is 0 Å². The molecule has 0 aliphatic heterocycles. The topological polar surface area (TPSA) is 63.5 Å². The highest BCUT2D eigenvalue weighted by Crippen LogP contribution is 2.33. The summed E-state index contributed by atoms with van der Waals surface area (Å²) < 4.78 is 45.9. The summed E-state index contributed by atoms with van der Waals surface area (Å²) in [5.41, 5.74) is 2.96. The maximum atomic E-state index is 15.4. The smallest absolute Gasteiger partial charge is 0.241 e. The highest BCUT2D eigenvalue weighted by Gasteiger charge is 2.25. The number of nitrogens with one attached hydrogen (secondary N) is 1. The molecule has 0 bridgehead atoms. The van der Waals surface area contributed by atoms with Crippen molar-refractivity contribution in [1.82, 2.24) is 14.1 Å². The second-order valence-electron chi connectivity index (χ2n) is 8.74. The number of aryl methyl sites for hydroxylation is 1. The van der Waals surface area contributed by atoms with Crippen molar-refractivity contribution >= 4 is 15.7 Å². The molecular formula is C25H26FN3O2S. The Morgan fingerprint density at radius 3 is 2.41 bits per heavy atom. The summed E-state index contributed by atoms with van der Waals surface area (Å²) in [5.74, 6) is -0.448. The Morgan fingerprint density at radius 2 is 1.72 bits per heavy atom. The van der Waals surface area contributed by atoms with Gasteiger partial charge >= 0.3 is 0 Å². The molecular weight excluding hydrogens is 425 g/mol. The van der Waals surface area contributed by atoms with Gasteiger partial charge in [0, 0.05) is 22.9 Å². The van der Waals surface area contributed by atoms with Crippen LogP contribution in [0, 0.1) is 5.82 Å². The summed E-state index contributed by atoms with van der Waals surface area (Å²) in [4.78, 5) is 4.75. The number of pyridine rings is 1. The molecule has 7 heteroatoms. The Balaban J connectivity index is 1.82. The lowest BCUT2D eigenvalue weighted by atomic mass is 10.0. The maximum absolute atomic E-state index is 15.4. The number of benzene rings is 2. The lowest BCUT2D eigenvalue weighted by Crippen LogP contribution is -2.40. The van der Waals surface area contributed by atoms with Crippen LogP contribution in [0.2, 0.25) is 0 Å². The quantitative estimate of drug-likeness (QED) is 0.439. The van der Waals surface area contributed by atoms with Crippen LogP contribution in [0.5, 0.6) is 0 Å². The summed E-state index contributed by atoms with van der Waals surface area (Å²) in [7, 11) is -3.79. The molecule has 0 amide bonds. The van der Waals surface area contributed by atoms with Crippen molar-refractivity contribution in [1.29, 1.82) is 0 Å². The third-order valence-corrected chi connectivity index (χ3v) is 6.93. The normalized spacial score (nSPS) is 12.4. The van der Waals surface area contributed by atoms with Crippen LogP contribution < -0.4 is 4.72 Å². The second kappa shape index (κ2) is 8.15. The van der Waals surface area contributed by atoms with Crippen molar-refractivity contribution in [2.45, 2.75) is 44.6 Å². The molecule has 0 aliphatic carbocycles. The zero-order valence-corrected chi connectivity index (χ0v) is 19.4. The van der Waals surface area contributed by atoms with Gasteiger partial charge in [0.1, 0.15) is 11.5 Å². The summed E-state index contributed by atoms with van der Waals surface area (Å²) in [6.07, 6.45) is 2.61. The van der Waals surface area contributed by atoms with E-state index in [0.29, 0.717) is 28.8 Å². The molecule has 1 N–H and O–H groups in total. The third kappa shape index (κ3) is 4.18. The molecule has 0 aliphatic rings. The maximum Gasteiger partial charge on any atom is 0.241 e. The van der Waals surface area contributed by atoms with Gasteiger partial charge < -0.3 is 4.40 Å². The molecule has 0 fully saturated rings. The van der Waals surface area contributed by atoms with E-state index < -0.39 is 21.4 Å². The van der Waals surface area contributed by atoms with Crippen molar-refractivity contribution in [2.24, 2.45) is 0 Å². The van der Waals surface area contributed by atoms with Gasteiger partial charge in [-0.15, -0.1) is 0 Å². The molecule has 5 nitrogen and oxygen atoms in total. The van der Waals surface area contributed by atoms with Crippen molar-refractivity contribution in [3.05, 3.63) is 78.4 Å². The van der Waals surface area contributed by atoms with Gasteiger partial charge in [-0.05, 0) is 63.1 Å². The number of halogens is 1. The molecule has 166 valence electrons. The molecule has 32 heavy (non-hydrogen) atoms. The predicted molar refractivity (Wildman–Crippen MR) is 125 cm³/mol. The van der Waals surface area contributed by atoms with E-state index in [1.807, 2.05) is 35.7 Å². The zero-order chi connectivity index (χ0) is 23.1. The first-order valence-corrected chi connectivity index (χ1v) is 12.0. The standard InChI is InChI=1S/C25H26FN3O2S/c1-5-21-24(27-23-12-8-9-15-29(21)23)19-14-13-17(16-20(19)26)18-10-6-7-11-22(18)32(30,31)28-25(2,3)4/h6-16,28H,5H2,1-4H3. The van der Waals surface area contributed by atoms with Crippen LogP contribution in [0.25, 0.3) is 28.0 Å². The number of rotatable bonds is 5. The van der Waals surface area contributed by atoms with Gasteiger partial charge in [-0.2, -0.15) is 0 Å². The molecule has 0 saturated carbocycles. The van der Waals surface area contributed by atoms with Gasteiger partial charge in [0.05, 0.1) is 16.3 Å². The highest BCUT2D eigenvalue weighted by atomic mass is 32.2. The zero-order valence-electron chi connectivity index (χ0n) is 18.6. The Bertz CT molecular complexity index is 1400. The lowest BCUT2D eigenvalue weighted by Gasteiger charge is -2.21. The van der Waals surface area contributed by atoms with Gasteiger partial charge in [-0.3, -0.25) is 0 Å². The number of fused-ring (bicyclic) bond motifs is 1. The Labute approximate surface area is 188 Å². The Kier molecular flexibility index (Phi) is 5.65. The average molecular weight is 452 g/mol. The van der Waals surface area contributed by atoms with E-state index in [0.717, 1.165) is 11.3 Å². The monoisotopic (exact) mass is 451 g/mol. The number of hydrogen-bond donors (Lipinski definition) is 1. The minimum absolute atomic E-state index is 0.115. The van der Waals surface area contributed by atoms with Gasteiger partial charge in [0.2, 0.25) is 10.0 Å². The summed E-state index contributed by atoms with van der Waals surface area (Å²) in [6.45, 7) is 7.35. The molecule has 2 aromatic heterocycles. The molecule has 0 atom stereocenters. The van der Waals surface area contributed by atoms with Crippen LogP contribution in [0.1, 0.15) is 33.4 Å². The number of imidazole rings is 1. The summed E-state index contributed by atoms with van der Waals surface area (Å²) >= 11 is 0. The fraction of sp³-hybridized carbons (Fsp3) is 0.240. The molecule has 0 radical (unpaired) electrons. The Morgan fingerprint density at radius 1 is 1.00 bits per heavy atom. The van der Waals surface area contributed by atoms with Crippen LogP contribution in [-0.2, 0) is 16.4 Å². The van der Waals surface area contributed by atoms with Crippen LogP contribution in [0.15, 0.2) is 71.8 Å². The van der Waals surface area contributed by atoms with Crippen molar-refractivity contribution in [3.8, 4) is 22.4 Å². The number of hydrogen-bond acceptors (Lipinski definition) is 3. The van der Waals surface area contributed by atoms with Crippen LogP contribution in [0.4, 0.5) is 4.39 Å². The van der Waals surface area contributed by atoms with Crippen molar-refractivity contribution in [3.63, 3.8) is 0 Å². The minimum Gasteiger partial charge on any atom is -0.303 e. The van der Waals surface area contributed by atoms with Gasteiger partial charge in [0.15, 0.2) is 0 Å². The molecule has 4 rings (SSSR count). The first-order chi connectivity index (χ1) is 15.1. The third-order valence-electron chi connectivity index (χ3n) is 5.12. The van der Waals surface area contributed by atoms with E-state index in [1.54, 1.807) is 51.1 Å². The van der Waals surface area contributed by atoms with Gasteiger partial charge in [-0.1, -0.05) is 37.3 Å².